The molecule has 0 radical (unpaired) electrons. The number of amides is 1. The molecule has 1 saturated carbocycles. The van der Waals surface area contributed by atoms with Gasteiger partial charge in [0.2, 0.25) is 5.91 Å². The van der Waals surface area contributed by atoms with Gasteiger partial charge in [-0.25, -0.2) is 0 Å². The monoisotopic (exact) mass is 213 g/mol. The molecule has 1 rings (SSSR count). The number of carbonyl (C=O) groups excluding carboxylic acids is 1. The zero-order valence-corrected chi connectivity index (χ0v) is 9.50. The summed E-state index contributed by atoms with van der Waals surface area (Å²) in [4.78, 5) is 11.7. The van der Waals surface area contributed by atoms with Crippen molar-refractivity contribution in [2.24, 2.45) is 5.92 Å². The van der Waals surface area contributed by atoms with E-state index in [2.05, 4.69) is 5.32 Å². The van der Waals surface area contributed by atoms with Crippen LogP contribution in [0.5, 0.6) is 0 Å². The summed E-state index contributed by atoms with van der Waals surface area (Å²) in [5.41, 5.74) is 0. The van der Waals surface area contributed by atoms with Crippen LogP contribution in [0.1, 0.15) is 51.4 Å². The highest BCUT2D eigenvalue weighted by Gasteiger charge is 2.20. The number of aliphatic hydroxyl groups is 1. The Labute approximate surface area is 92.3 Å². The predicted molar refractivity (Wildman–Crippen MR) is 60.5 cm³/mol. The molecule has 1 aliphatic rings. The average Bonchev–Trinajstić information content (AvgIpc) is 2.30. The number of hydrogen-bond acceptors (Lipinski definition) is 2. The molecule has 1 amide bonds. The fraction of sp³-hybridized carbons (Fsp3) is 0.917. The summed E-state index contributed by atoms with van der Waals surface area (Å²) in [5, 5.41) is 11.6. The van der Waals surface area contributed by atoms with Gasteiger partial charge in [0.1, 0.15) is 0 Å². The van der Waals surface area contributed by atoms with Crippen molar-refractivity contribution >= 4 is 5.91 Å². The summed E-state index contributed by atoms with van der Waals surface area (Å²) in [6, 6.07) is 0. The first kappa shape index (κ1) is 12.5. The summed E-state index contributed by atoms with van der Waals surface area (Å²) < 4.78 is 0. The van der Waals surface area contributed by atoms with Gasteiger partial charge in [-0.15, -0.1) is 0 Å². The molecule has 2 N–H and O–H groups in total. The van der Waals surface area contributed by atoms with Crippen LogP contribution in [-0.4, -0.2) is 24.2 Å². The maximum absolute atomic E-state index is 11.7. The zero-order valence-electron chi connectivity index (χ0n) is 9.50. The number of nitrogens with one attached hydrogen (secondary N) is 1. The van der Waals surface area contributed by atoms with Gasteiger partial charge < -0.3 is 10.4 Å². The second kappa shape index (κ2) is 7.69. The Morgan fingerprint density at radius 2 is 1.87 bits per heavy atom. The lowest BCUT2D eigenvalue weighted by Gasteiger charge is -2.20. The van der Waals surface area contributed by atoms with Crippen LogP contribution in [0.2, 0.25) is 0 Å². The average molecular weight is 213 g/mol. The van der Waals surface area contributed by atoms with Crippen molar-refractivity contribution in [3.05, 3.63) is 0 Å². The number of rotatable bonds is 6. The lowest BCUT2D eigenvalue weighted by Crippen LogP contribution is -2.32. The van der Waals surface area contributed by atoms with Gasteiger partial charge in [-0.1, -0.05) is 19.3 Å². The number of hydrogen-bond donors (Lipinski definition) is 2. The Morgan fingerprint density at radius 1 is 1.13 bits per heavy atom. The van der Waals surface area contributed by atoms with E-state index in [1.165, 1.54) is 19.3 Å². The second-order valence-electron chi connectivity index (χ2n) is 4.41. The smallest absolute Gasteiger partial charge is 0.223 e. The van der Waals surface area contributed by atoms with Gasteiger partial charge in [-0.2, -0.15) is 0 Å². The lowest BCUT2D eigenvalue weighted by molar-refractivity contribution is -0.125. The Balaban J connectivity index is 2.02. The number of unbranched alkanes of at least 4 members (excludes halogenated alkanes) is 2. The van der Waals surface area contributed by atoms with E-state index in [4.69, 9.17) is 5.11 Å². The molecule has 88 valence electrons. The van der Waals surface area contributed by atoms with Gasteiger partial charge in [0.15, 0.2) is 0 Å². The first-order valence-corrected chi connectivity index (χ1v) is 6.23. The third kappa shape index (κ3) is 5.17. The minimum absolute atomic E-state index is 0.249. The molecule has 0 atom stereocenters. The Hall–Kier alpha value is -0.570. The molecule has 15 heavy (non-hydrogen) atoms. The topological polar surface area (TPSA) is 49.3 Å². The minimum atomic E-state index is 0.249. The van der Waals surface area contributed by atoms with Crippen LogP contribution in [-0.2, 0) is 4.79 Å². The standard InChI is InChI=1S/C12H23NO2/c14-10-6-2-5-9-13-12(15)11-7-3-1-4-8-11/h11,14H,1-10H2,(H,13,15). The van der Waals surface area contributed by atoms with E-state index in [1.54, 1.807) is 0 Å². The third-order valence-electron chi connectivity index (χ3n) is 3.11. The molecule has 3 nitrogen and oxygen atoms in total. The van der Waals surface area contributed by atoms with Crippen LogP contribution in [0.4, 0.5) is 0 Å². The summed E-state index contributed by atoms with van der Waals surface area (Å²) in [5.74, 6) is 0.523. The van der Waals surface area contributed by atoms with Gasteiger partial charge in [-0.3, -0.25) is 4.79 Å². The van der Waals surface area contributed by atoms with E-state index in [9.17, 15) is 4.79 Å². The van der Waals surface area contributed by atoms with Crippen molar-refractivity contribution in [3.8, 4) is 0 Å². The lowest BCUT2D eigenvalue weighted by atomic mass is 9.89. The van der Waals surface area contributed by atoms with Crippen molar-refractivity contribution in [1.29, 1.82) is 0 Å². The highest BCUT2D eigenvalue weighted by atomic mass is 16.2. The molecule has 1 fully saturated rings. The molecule has 0 unspecified atom stereocenters. The van der Waals surface area contributed by atoms with Gasteiger partial charge in [0.05, 0.1) is 0 Å². The van der Waals surface area contributed by atoms with Crippen LogP contribution >= 0.6 is 0 Å². The van der Waals surface area contributed by atoms with Crippen molar-refractivity contribution in [1.82, 2.24) is 5.32 Å². The van der Waals surface area contributed by atoms with E-state index in [1.807, 2.05) is 0 Å². The predicted octanol–water partition coefficient (Wildman–Crippen LogP) is 1.85. The normalized spacial score (nSPS) is 17.7. The molecule has 0 spiro atoms. The second-order valence-corrected chi connectivity index (χ2v) is 4.41. The van der Waals surface area contributed by atoms with E-state index in [0.29, 0.717) is 0 Å². The van der Waals surface area contributed by atoms with Crippen molar-refractivity contribution in [2.75, 3.05) is 13.2 Å². The van der Waals surface area contributed by atoms with Gasteiger partial charge >= 0.3 is 0 Å². The molecule has 0 aromatic carbocycles. The molecular formula is C12H23NO2. The molecule has 1 aliphatic carbocycles. The maximum atomic E-state index is 11.7. The maximum Gasteiger partial charge on any atom is 0.223 e. The fourth-order valence-corrected chi connectivity index (χ4v) is 2.13. The van der Waals surface area contributed by atoms with Gasteiger partial charge in [0.25, 0.3) is 0 Å². The number of aliphatic hydroxyl groups excluding tert-OH is 1. The fourth-order valence-electron chi connectivity index (χ4n) is 2.13. The van der Waals surface area contributed by atoms with E-state index >= 15 is 0 Å². The van der Waals surface area contributed by atoms with Crippen LogP contribution in [0.15, 0.2) is 0 Å². The summed E-state index contributed by atoms with van der Waals surface area (Å²) in [7, 11) is 0. The van der Waals surface area contributed by atoms with Crippen LogP contribution in [0.3, 0.4) is 0 Å². The molecule has 0 aromatic heterocycles. The van der Waals surface area contributed by atoms with Gasteiger partial charge in [0, 0.05) is 19.1 Å². The van der Waals surface area contributed by atoms with E-state index in [-0.39, 0.29) is 18.4 Å². The van der Waals surface area contributed by atoms with E-state index in [0.717, 1.165) is 38.6 Å². The van der Waals surface area contributed by atoms with Crippen molar-refractivity contribution in [3.63, 3.8) is 0 Å². The largest absolute Gasteiger partial charge is 0.396 e. The molecular weight excluding hydrogens is 190 g/mol. The molecule has 0 aliphatic heterocycles. The third-order valence-corrected chi connectivity index (χ3v) is 3.11. The van der Waals surface area contributed by atoms with E-state index < -0.39 is 0 Å². The first-order chi connectivity index (χ1) is 7.34. The highest BCUT2D eigenvalue weighted by molar-refractivity contribution is 5.78. The Bertz CT molecular complexity index is 176. The Kier molecular flexibility index (Phi) is 6.41. The molecule has 0 bridgehead atoms. The quantitative estimate of drug-likeness (QED) is 0.661. The first-order valence-electron chi connectivity index (χ1n) is 6.23. The van der Waals surface area contributed by atoms with Gasteiger partial charge in [-0.05, 0) is 32.1 Å². The van der Waals surface area contributed by atoms with Crippen LogP contribution in [0.25, 0.3) is 0 Å². The Morgan fingerprint density at radius 3 is 2.53 bits per heavy atom. The molecule has 0 saturated heterocycles. The molecule has 0 heterocycles. The number of carbonyl (C=O) groups is 1. The summed E-state index contributed by atoms with van der Waals surface area (Å²) in [6.07, 6.45) is 8.69. The zero-order chi connectivity index (χ0) is 10.9. The SMILES string of the molecule is O=C(NCCCCCO)C1CCCCC1. The highest BCUT2D eigenvalue weighted by Crippen LogP contribution is 2.23. The van der Waals surface area contributed by atoms with Crippen molar-refractivity contribution in [2.45, 2.75) is 51.4 Å². The minimum Gasteiger partial charge on any atom is -0.396 e. The molecule has 3 heteroatoms. The molecule has 0 aromatic rings. The van der Waals surface area contributed by atoms with Crippen LogP contribution < -0.4 is 5.32 Å². The van der Waals surface area contributed by atoms with Crippen LogP contribution in [0, 0.1) is 5.92 Å². The van der Waals surface area contributed by atoms with Crippen molar-refractivity contribution < 1.29 is 9.90 Å². The summed E-state index contributed by atoms with van der Waals surface area (Å²) >= 11 is 0. The summed E-state index contributed by atoms with van der Waals surface area (Å²) in [6.45, 7) is 1.03.